The maximum atomic E-state index is 11.8. The van der Waals surface area contributed by atoms with Gasteiger partial charge in [-0.3, -0.25) is 14.5 Å². The van der Waals surface area contributed by atoms with Gasteiger partial charge in [0.25, 0.3) is 5.91 Å². The van der Waals surface area contributed by atoms with Crippen molar-refractivity contribution in [2.45, 2.75) is 26.7 Å². The summed E-state index contributed by atoms with van der Waals surface area (Å²) in [5.41, 5.74) is 4.37. The fraction of sp³-hybridized carbons (Fsp3) is 0.412. The molecule has 0 unspecified atom stereocenters. The minimum Gasteiger partial charge on any atom is -0.355 e. The Morgan fingerprint density at radius 3 is 2.84 bits per heavy atom. The van der Waals surface area contributed by atoms with Crippen LogP contribution in [0.5, 0.6) is 0 Å². The number of nitrogens with one attached hydrogen (secondary N) is 3. The molecule has 3 N–H and O–H groups in total. The topological polar surface area (TPSA) is 107 Å². The lowest BCUT2D eigenvalue weighted by molar-refractivity contribution is -0.130. The summed E-state index contributed by atoms with van der Waals surface area (Å²) in [5.74, 6) is 0.154. The highest BCUT2D eigenvalue weighted by atomic mass is 16.2. The first kappa shape index (κ1) is 16.9. The average molecular weight is 343 g/mol. The van der Waals surface area contributed by atoms with Crippen molar-refractivity contribution in [3.05, 3.63) is 29.1 Å². The van der Waals surface area contributed by atoms with Gasteiger partial charge in [0.2, 0.25) is 5.91 Å². The van der Waals surface area contributed by atoms with Crippen molar-refractivity contribution in [1.29, 1.82) is 0 Å². The number of nitrogens with zero attached hydrogens (tertiary/aromatic N) is 2. The van der Waals surface area contributed by atoms with Gasteiger partial charge >= 0.3 is 6.03 Å². The first-order chi connectivity index (χ1) is 12.0. The van der Waals surface area contributed by atoms with Gasteiger partial charge in [-0.05, 0) is 37.5 Å². The Morgan fingerprint density at radius 2 is 2.12 bits per heavy atom. The van der Waals surface area contributed by atoms with Gasteiger partial charge in [0.1, 0.15) is 12.4 Å². The van der Waals surface area contributed by atoms with Gasteiger partial charge < -0.3 is 15.6 Å². The third-order valence-corrected chi connectivity index (χ3v) is 4.38. The second-order valence-electron chi connectivity index (χ2n) is 6.18. The van der Waals surface area contributed by atoms with E-state index in [2.05, 4.69) is 40.5 Å². The second kappa shape index (κ2) is 6.92. The zero-order valence-electron chi connectivity index (χ0n) is 14.3. The third kappa shape index (κ3) is 3.62. The van der Waals surface area contributed by atoms with E-state index in [1.54, 1.807) is 0 Å². The molecule has 1 aromatic heterocycles. The van der Waals surface area contributed by atoms with E-state index in [0.29, 0.717) is 19.4 Å². The van der Waals surface area contributed by atoms with Crippen molar-refractivity contribution in [2.24, 2.45) is 0 Å². The summed E-state index contributed by atoms with van der Waals surface area (Å²) in [7, 11) is 0. The number of fused-ring (bicyclic) bond motifs is 1. The summed E-state index contributed by atoms with van der Waals surface area (Å²) in [6.45, 7) is 4.28. The molecule has 4 amide bonds. The van der Waals surface area contributed by atoms with Crippen molar-refractivity contribution in [3.8, 4) is 0 Å². The van der Waals surface area contributed by atoms with E-state index in [9.17, 15) is 14.4 Å². The van der Waals surface area contributed by atoms with E-state index in [0.717, 1.165) is 21.8 Å². The quantitative estimate of drug-likeness (QED) is 0.532. The summed E-state index contributed by atoms with van der Waals surface area (Å²) in [6.07, 6.45) is 1.42. The number of hydrogen-bond donors (Lipinski definition) is 3. The van der Waals surface area contributed by atoms with Crippen LogP contribution in [0.3, 0.4) is 0 Å². The molecule has 1 aromatic carbocycles. The first-order valence-corrected chi connectivity index (χ1v) is 8.25. The summed E-state index contributed by atoms with van der Waals surface area (Å²) in [6, 6.07) is 3.57. The standard InChI is InChI=1S/C17H21N5O3/c1-10-5-6-12-16(11(10)2)21-13(20-12)4-3-7-18-14(23)9-22-15(24)8-19-17(22)25/h5-6H,3-4,7-9H2,1-2H3,(H,18,23)(H,19,25)(H,20,21). The molecule has 0 atom stereocenters. The Morgan fingerprint density at radius 1 is 1.32 bits per heavy atom. The Kier molecular flexibility index (Phi) is 4.69. The van der Waals surface area contributed by atoms with Crippen molar-refractivity contribution < 1.29 is 14.4 Å². The van der Waals surface area contributed by atoms with Crippen LogP contribution in [-0.2, 0) is 16.0 Å². The predicted molar refractivity (Wildman–Crippen MR) is 92.0 cm³/mol. The second-order valence-corrected chi connectivity index (χ2v) is 6.18. The van der Waals surface area contributed by atoms with Crippen molar-refractivity contribution in [2.75, 3.05) is 19.6 Å². The predicted octanol–water partition coefficient (Wildman–Crippen LogP) is 0.780. The van der Waals surface area contributed by atoms with E-state index >= 15 is 0 Å². The Bertz CT molecular complexity index is 826. The van der Waals surface area contributed by atoms with E-state index < -0.39 is 6.03 Å². The maximum Gasteiger partial charge on any atom is 0.325 e. The minimum atomic E-state index is -0.520. The Balaban J connectivity index is 1.47. The number of imide groups is 1. The number of H-pyrrole nitrogens is 1. The fourth-order valence-electron chi connectivity index (χ4n) is 2.78. The van der Waals surface area contributed by atoms with Crippen LogP contribution in [0.25, 0.3) is 11.0 Å². The molecule has 8 nitrogen and oxygen atoms in total. The third-order valence-electron chi connectivity index (χ3n) is 4.38. The van der Waals surface area contributed by atoms with Gasteiger partial charge in [-0.1, -0.05) is 6.07 Å². The number of imidazole rings is 1. The lowest BCUT2D eigenvalue weighted by atomic mass is 10.1. The summed E-state index contributed by atoms with van der Waals surface area (Å²) < 4.78 is 0. The van der Waals surface area contributed by atoms with Crippen LogP contribution in [0.2, 0.25) is 0 Å². The van der Waals surface area contributed by atoms with Gasteiger partial charge in [-0.25, -0.2) is 9.78 Å². The largest absolute Gasteiger partial charge is 0.355 e. The van der Waals surface area contributed by atoms with Crippen LogP contribution in [0, 0.1) is 13.8 Å². The highest BCUT2D eigenvalue weighted by molar-refractivity contribution is 6.04. The van der Waals surface area contributed by atoms with Gasteiger partial charge in [-0.15, -0.1) is 0 Å². The summed E-state index contributed by atoms with van der Waals surface area (Å²) in [4.78, 5) is 43.4. The Labute approximate surface area is 145 Å². The number of aryl methyl sites for hydroxylation is 3. The molecule has 0 spiro atoms. The molecule has 1 saturated heterocycles. The molecule has 8 heteroatoms. The smallest absolute Gasteiger partial charge is 0.325 e. The van der Waals surface area contributed by atoms with Crippen molar-refractivity contribution in [3.63, 3.8) is 0 Å². The number of carbonyl (C=O) groups is 3. The van der Waals surface area contributed by atoms with Crippen LogP contribution in [0.15, 0.2) is 12.1 Å². The van der Waals surface area contributed by atoms with E-state index in [1.807, 2.05) is 6.07 Å². The average Bonchev–Trinajstić information content (AvgIpc) is 3.14. The first-order valence-electron chi connectivity index (χ1n) is 8.25. The number of rotatable bonds is 6. The molecule has 2 aromatic rings. The highest BCUT2D eigenvalue weighted by Crippen LogP contribution is 2.19. The molecule has 1 fully saturated rings. The molecule has 3 rings (SSSR count). The molecule has 25 heavy (non-hydrogen) atoms. The number of hydrogen-bond acceptors (Lipinski definition) is 4. The molecule has 1 aliphatic heterocycles. The van der Waals surface area contributed by atoms with Gasteiger partial charge in [0.05, 0.1) is 17.6 Å². The van der Waals surface area contributed by atoms with Crippen molar-refractivity contribution in [1.82, 2.24) is 25.5 Å². The molecule has 0 saturated carbocycles. The number of aromatic nitrogens is 2. The summed E-state index contributed by atoms with van der Waals surface area (Å²) in [5, 5.41) is 5.10. The van der Waals surface area contributed by atoms with Crippen LogP contribution in [0.1, 0.15) is 23.4 Å². The molecule has 1 aliphatic rings. The number of aromatic amines is 1. The monoisotopic (exact) mass is 343 g/mol. The van der Waals surface area contributed by atoms with Crippen LogP contribution in [0.4, 0.5) is 4.79 Å². The van der Waals surface area contributed by atoms with Gasteiger partial charge in [0.15, 0.2) is 0 Å². The SMILES string of the molecule is Cc1ccc2[nH]c(CCCNC(=O)CN3C(=O)CNC3=O)nc2c1C. The van der Waals surface area contributed by atoms with Crippen LogP contribution in [-0.4, -0.2) is 52.3 Å². The van der Waals surface area contributed by atoms with E-state index in [-0.39, 0.29) is 24.9 Å². The number of amides is 4. The normalized spacial score (nSPS) is 14.2. The molecule has 0 radical (unpaired) electrons. The van der Waals surface area contributed by atoms with Gasteiger partial charge in [0, 0.05) is 13.0 Å². The molecule has 2 heterocycles. The number of urea groups is 1. The Hall–Kier alpha value is -2.90. The molecular weight excluding hydrogens is 322 g/mol. The number of carbonyl (C=O) groups excluding carboxylic acids is 3. The van der Waals surface area contributed by atoms with E-state index in [1.165, 1.54) is 11.1 Å². The molecule has 0 aliphatic carbocycles. The van der Waals surface area contributed by atoms with Gasteiger partial charge in [-0.2, -0.15) is 0 Å². The minimum absolute atomic E-state index is 0.0446. The molecule has 0 bridgehead atoms. The van der Waals surface area contributed by atoms with Crippen LogP contribution >= 0.6 is 0 Å². The zero-order chi connectivity index (χ0) is 18.0. The lowest BCUT2D eigenvalue weighted by Crippen LogP contribution is -2.41. The highest BCUT2D eigenvalue weighted by Gasteiger charge is 2.29. The maximum absolute atomic E-state index is 11.8. The lowest BCUT2D eigenvalue weighted by Gasteiger charge is -2.11. The fourth-order valence-corrected chi connectivity index (χ4v) is 2.78. The zero-order valence-corrected chi connectivity index (χ0v) is 14.3. The molecule has 132 valence electrons. The summed E-state index contributed by atoms with van der Waals surface area (Å²) >= 11 is 0. The molecular formula is C17H21N5O3. The van der Waals surface area contributed by atoms with E-state index in [4.69, 9.17) is 0 Å². The van der Waals surface area contributed by atoms with Crippen LogP contribution < -0.4 is 10.6 Å². The van der Waals surface area contributed by atoms with Crippen molar-refractivity contribution >= 4 is 28.9 Å². The number of benzene rings is 1.